The third-order valence-electron chi connectivity index (χ3n) is 15.4. The molecule has 328 valence electrons. The summed E-state index contributed by atoms with van der Waals surface area (Å²) in [5, 5.41) is 21.7. The van der Waals surface area contributed by atoms with E-state index in [1.165, 1.54) is 43.1 Å². The summed E-state index contributed by atoms with van der Waals surface area (Å²) in [7, 11) is -3.01. The molecule has 13 aromatic rings. The Morgan fingerprint density at radius 1 is 0.352 bits per heavy atom. The predicted octanol–water partition coefficient (Wildman–Crippen LogP) is 13.5. The highest BCUT2D eigenvalue weighted by molar-refractivity contribution is 7.24. The van der Waals surface area contributed by atoms with Crippen molar-refractivity contribution >= 4 is 72.6 Å². The number of nitriles is 1. The lowest BCUT2D eigenvalue weighted by molar-refractivity contribution is 1.12. The summed E-state index contributed by atoms with van der Waals surface area (Å²) in [6.45, 7) is 0. The number of pyridine rings is 1. The van der Waals surface area contributed by atoms with Crippen molar-refractivity contribution in [3.63, 3.8) is 0 Å². The zero-order valence-corrected chi connectivity index (χ0v) is 39.4. The van der Waals surface area contributed by atoms with E-state index in [0.29, 0.717) is 5.56 Å². The molecule has 0 N–H and O–H groups in total. The van der Waals surface area contributed by atoms with Crippen molar-refractivity contribution < 1.29 is 0 Å². The standard InChI is InChI=1S/C66H40N4Si/c67-41-56-61(69-57-28-11-7-21-48(57)54-37-44(32-34-59(54)69)42-17-3-1-4-18-42)39-46(40-62(56)70-58-29-12-8-22-49(58)55-38-45(33-35-60(55)70)43-19-5-2-6-20-43)47-25-15-26-52-53-27-16-36-68-66(53)71(65(47)52)63-30-13-9-23-50(63)51-24-10-14-31-64(51)71/h1-40H. The molecule has 4 nitrogen and oxygen atoms in total. The molecule has 0 amide bonds. The minimum absolute atomic E-state index is 0.597. The normalized spacial score (nSPS) is 12.9. The molecule has 2 aliphatic heterocycles. The Bertz CT molecular complexity index is 4180. The van der Waals surface area contributed by atoms with Crippen LogP contribution in [0.15, 0.2) is 243 Å². The Morgan fingerprint density at radius 2 is 0.817 bits per heavy atom. The third kappa shape index (κ3) is 5.45. The average molecular weight is 917 g/mol. The predicted molar refractivity (Wildman–Crippen MR) is 296 cm³/mol. The van der Waals surface area contributed by atoms with Crippen LogP contribution < -0.4 is 20.9 Å². The third-order valence-corrected chi connectivity index (χ3v) is 20.3. The van der Waals surface area contributed by atoms with Crippen molar-refractivity contribution in [3.05, 3.63) is 248 Å². The number of fused-ring (bicyclic) bond motifs is 16. The molecular formula is C66H40N4Si. The maximum atomic E-state index is 11.9. The minimum atomic E-state index is -3.01. The first kappa shape index (κ1) is 39.6. The summed E-state index contributed by atoms with van der Waals surface area (Å²) in [5.41, 5.74) is 18.3. The fraction of sp³-hybridized carbons (Fsp3) is 0. The first-order valence-electron chi connectivity index (χ1n) is 24.3. The number of aromatic nitrogens is 3. The fourth-order valence-corrected chi connectivity index (χ4v) is 18.2. The smallest absolute Gasteiger partial charge is 0.205 e. The number of hydrogen-bond donors (Lipinski definition) is 0. The van der Waals surface area contributed by atoms with Gasteiger partial charge in [-0.3, -0.25) is 4.98 Å². The van der Waals surface area contributed by atoms with Crippen LogP contribution in [-0.2, 0) is 0 Å². The van der Waals surface area contributed by atoms with Crippen molar-refractivity contribution in [2.45, 2.75) is 0 Å². The van der Waals surface area contributed by atoms with Gasteiger partial charge in [0.05, 0.1) is 33.4 Å². The van der Waals surface area contributed by atoms with Crippen LogP contribution in [0.5, 0.6) is 0 Å². The van der Waals surface area contributed by atoms with E-state index in [1.54, 1.807) is 0 Å². The van der Waals surface area contributed by atoms with Gasteiger partial charge in [-0.2, -0.15) is 5.26 Å². The second kappa shape index (κ2) is 15.1. The molecule has 71 heavy (non-hydrogen) atoms. The van der Waals surface area contributed by atoms with Crippen LogP contribution in [0.2, 0.25) is 0 Å². The fourth-order valence-electron chi connectivity index (χ4n) is 12.5. The lowest BCUT2D eigenvalue weighted by atomic mass is 9.96. The van der Waals surface area contributed by atoms with Crippen LogP contribution in [0.3, 0.4) is 0 Å². The van der Waals surface area contributed by atoms with Crippen LogP contribution in [0, 0.1) is 11.3 Å². The topological polar surface area (TPSA) is 46.5 Å². The van der Waals surface area contributed by atoms with Crippen LogP contribution in [0.25, 0.3) is 111 Å². The van der Waals surface area contributed by atoms with Gasteiger partial charge in [0, 0.05) is 33.1 Å². The van der Waals surface area contributed by atoms with Crippen molar-refractivity contribution in [1.82, 2.24) is 14.1 Å². The maximum absolute atomic E-state index is 11.9. The maximum Gasteiger partial charge on any atom is 0.205 e. The SMILES string of the molecule is N#Cc1c(-n2c3ccccc3c3cc(-c4ccccc4)ccc32)cc(-c2cccc3c2[Si]2(c4ccccc4-c4ccccc42)c2ncccc2-3)cc1-n1c2ccccc2c2cc(-c3ccccc3)ccc21. The highest BCUT2D eigenvalue weighted by atomic mass is 28.3. The number of rotatable bonds is 5. The molecule has 5 heteroatoms. The molecule has 0 saturated heterocycles. The van der Waals surface area contributed by atoms with Gasteiger partial charge in [0.15, 0.2) is 0 Å². The summed E-state index contributed by atoms with van der Waals surface area (Å²) in [6, 6.07) is 88.8. The number of hydrogen-bond acceptors (Lipinski definition) is 2. The lowest BCUT2D eigenvalue weighted by Crippen LogP contribution is -2.71. The summed E-state index contributed by atoms with van der Waals surface area (Å²) < 4.78 is 4.69. The summed E-state index contributed by atoms with van der Waals surface area (Å²) in [6.07, 6.45) is 1.98. The van der Waals surface area contributed by atoms with E-state index < -0.39 is 8.07 Å². The second-order valence-corrected chi connectivity index (χ2v) is 22.4. The van der Waals surface area contributed by atoms with E-state index in [0.717, 1.165) is 88.4 Å². The van der Waals surface area contributed by atoms with Gasteiger partial charge >= 0.3 is 0 Å². The summed E-state index contributed by atoms with van der Waals surface area (Å²) in [5.74, 6) is 0. The molecule has 1 spiro atoms. The zero-order chi connectivity index (χ0) is 46.8. The Kier molecular flexibility index (Phi) is 8.42. The molecule has 0 radical (unpaired) electrons. The molecule has 0 saturated carbocycles. The van der Waals surface area contributed by atoms with Gasteiger partial charge in [-0.05, 0) is 126 Å². The molecule has 0 unspecified atom stereocenters. The molecule has 0 aliphatic carbocycles. The van der Waals surface area contributed by atoms with E-state index in [9.17, 15) is 5.26 Å². The molecular weight excluding hydrogens is 877 g/mol. The van der Waals surface area contributed by atoms with Crippen molar-refractivity contribution in [2.24, 2.45) is 0 Å². The van der Waals surface area contributed by atoms with E-state index in [1.807, 2.05) is 6.20 Å². The molecule has 15 rings (SSSR count). The van der Waals surface area contributed by atoms with Crippen LogP contribution >= 0.6 is 0 Å². The first-order valence-corrected chi connectivity index (χ1v) is 26.3. The molecule has 0 atom stereocenters. The Morgan fingerprint density at radius 3 is 1.38 bits per heavy atom. The molecule has 10 aromatic carbocycles. The van der Waals surface area contributed by atoms with Crippen LogP contribution in [-0.4, -0.2) is 22.2 Å². The van der Waals surface area contributed by atoms with E-state index in [4.69, 9.17) is 4.98 Å². The summed E-state index contributed by atoms with van der Waals surface area (Å²) in [4.78, 5) is 5.39. The largest absolute Gasteiger partial charge is 0.308 e. The van der Waals surface area contributed by atoms with Crippen molar-refractivity contribution in [2.75, 3.05) is 0 Å². The van der Waals surface area contributed by atoms with Gasteiger partial charge in [-0.25, -0.2) is 0 Å². The summed E-state index contributed by atoms with van der Waals surface area (Å²) >= 11 is 0. The van der Waals surface area contributed by atoms with E-state index >= 15 is 0 Å². The van der Waals surface area contributed by atoms with Gasteiger partial charge in [0.1, 0.15) is 11.6 Å². The van der Waals surface area contributed by atoms with Gasteiger partial charge in [-0.1, -0.05) is 182 Å². The number of nitrogens with zero attached hydrogens (tertiary/aromatic N) is 4. The van der Waals surface area contributed by atoms with Gasteiger partial charge in [0.2, 0.25) is 8.07 Å². The minimum Gasteiger partial charge on any atom is -0.308 e. The lowest BCUT2D eigenvalue weighted by Gasteiger charge is -2.29. The Balaban J connectivity index is 1.08. The quantitative estimate of drug-likeness (QED) is 0.162. The highest BCUT2D eigenvalue weighted by Gasteiger charge is 2.56. The van der Waals surface area contributed by atoms with Crippen molar-refractivity contribution in [1.29, 1.82) is 5.26 Å². The van der Waals surface area contributed by atoms with Crippen molar-refractivity contribution in [3.8, 4) is 73.1 Å². The van der Waals surface area contributed by atoms with Gasteiger partial charge < -0.3 is 9.13 Å². The molecule has 5 heterocycles. The number of benzene rings is 10. The van der Waals surface area contributed by atoms with Crippen LogP contribution in [0.4, 0.5) is 0 Å². The van der Waals surface area contributed by atoms with Gasteiger partial charge in [-0.15, -0.1) is 0 Å². The molecule has 0 fully saturated rings. The average Bonchev–Trinajstić information content (AvgIpc) is 4.15. The molecule has 2 aliphatic rings. The first-order chi connectivity index (χ1) is 35.2. The zero-order valence-electron chi connectivity index (χ0n) is 38.4. The second-order valence-electron chi connectivity index (χ2n) is 18.9. The monoisotopic (exact) mass is 916 g/mol. The number of para-hydroxylation sites is 2. The molecule has 0 bridgehead atoms. The van der Waals surface area contributed by atoms with E-state index in [2.05, 4.69) is 252 Å². The molecule has 3 aromatic heterocycles. The Labute approximate surface area is 411 Å². The van der Waals surface area contributed by atoms with E-state index in [-0.39, 0.29) is 0 Å². The Hall–Kier alpha value is -9.34. The van der Waals surface area contributed by atoms with Crippen LogP contribution in [0.1, 0.15) is 5.56 Å². The van der Waals surface area contributed by atoms with Gasteiger partial charge in [0.25, 0.3) is 0 Å². The highest BCUT2D eigenvalue weighted by Crippen LogP contribution is 2.44.